The zero-order valence-corrected chi connectivity index (χ0v) is 4.33. The second-order valence-corrected chi connectivity index (χ2v) is 1.56. The number of rotatable bonds is 0. The molecule has 8 heavy (non-hydrogen) atoms. The SMILES string of the molecule is [2H]C([2H])c1ccccc1O. The summed E-state index contributed by atoms with van der Waals surface area (Å²) in [6, 6.07) is 6.41. The van der Waals surface area contributed by atoms with E-state index in [0.29, 0.717) is 5.56 Å². The third-order valence-corrected chi connectivity index (χ3v) is 0.937. The first-order chi connectivity index (χ1) is 4.72. The van der Waals surface area contributed by atoms with Crippen molar-refractivity contribution in [2.24, 2.45) is 0 Å². The van der Waals surface area contributed by atoms with Crippen LogP contribution in [-0.4, -0.2) is 5.11 Å². The van der Waals surface area contributed by atoms with Crippen LogP contribution in [0.25, 0.3) is 0 Å². The smallest absolute Gasteiger partial charge is 0.118 e. The highest BCUT2D eigenvalue weighted by Crippen LogP contribution is 2.12. The quantitative estimate of drug-likeness (QED) is 0.539. The van der Waals surface area contributed by atoms with E-state index in [0.717, 1.165) is 0 Å². The van der Waals surface area contributed by atoms with Crippen molar-refractivity contribution in [2.45, 2.75) is 6.88 Å². The van der Waals surface area contributed by atoms with Crippen molar-refractivity contribution >= 4 is 0 Å². The van der Waals surface area contributed by atoms with Gasteiger partial charge in [-0.15, -0.1) is 0 Å². The number of hydrogen-bond donors (Lipinski definition) is 1. The van der Waals surface area contributed by atoms with Crippen molar-refractivity contribution in [1.29, 1.82) is 0 Å². The predicted molar refractivity (Wildman–Crippen MR) is 32.8 cm³/mol. The molecule has 1 aromatic rings. The molecule has 1 rings (SSSR count). The normalized spacial score (nSPS) is 13.1. The molecule has 0 atom stereocenters. The molecule has 0 bridgehead atoms. The molecule has 1 aromatic carbocycles. The van der Waals surface area contributed by atoms with Crippen LogP contribution < -0.4 is 0 Å². The number of benzene rings is 1. The minimum absolute atomic E-state index is 0.0255. The van der Waals surface area contributed by atoms with Gasteiger partial charge < -0.3 is 5.11 Å². The summed E-state index contributed by atoms with van der Waals surface area (Å²) >= 11 is 0. The van der Waals surface area contributed by atoms with Gasteiger partial charge in [0.2, 0.25) is 0 Å². The van der Waals surface area contributed by atoms with Crippen molar-refractivity contribution in [3.8, 4) is 5.75 Å². The molecule has 0 fully saturated rings. The van der Waals surface area contributed by atoms with Crippen molar-refractivity contribution in [3.05, 3.63) is 29.8 Å². The number of aryl methyl sites for hydroxylation is 1. The molecule has 1 N–H and O–H groups in total. The summed E-state index contributed by atoms with van der Waals surface area (Å²) in [5, 5.41) is 9.04. The monoisotopic (exact) mass is 110 g/mol. The van der Waals surface area contributed by atoms with E-state index < -0.39 is 6.88 Å². The Kier molecular flexibility index (Phi) is 0.729. The van der Waals surface area contributed by atoms with Gasteiger partial charge >= 0.3 is 0 Å². The molecule has 0 heterocycles. The number of phenolic OH excluding ortho intramolecular Hbond substituents is 1. The Balaban J connectivity index is 3.03. The zero-order chi connectivity index (χ0) is 7.56. The van der Waals surface area contributed by atoms with Crippen LogP contribution in [0.5, 0.6) is 5.75 Å². The Morgan fingerprint density at radius 2 is 2.25 bits per heavy atom. The van der Waals surface area contributed by atoms with Crippen LogP contribution >= 0.6 is 0 Å². The molecule has 0 saturated carbocycles. The lowest BCUT2D eigenvalue weighted by Crippen LogP contribution is -1.68. The third kappa shape index (κ3) is 0.808. The molecule has 0 saturated heterocycles. The molecule has 42 valence electrons. The van der Waals surface area contributed by atoms with Crippen molar-refractivity contribution in [2.75, 3.05) is 0 Å². The minimum atomic E-state index is -1.10. The molecular formula is C7H8O. The average molecular weight is 110 g/mol. The first-order valence-corrected chi connectivity index (χ1v) is 2.34. The molecule has 0 amide bonds. The van der Waals surface area contributed by atoms with E-state index in [4.69, 9.17) is 7.85 Å². The van der Waals surface area contributed by atoms with Crippen LogP contribution in [0.3, 0.4) is 0 Å². The van der Waals surface area contributed by atoms with Gasteiger partial charge in [-0.1, -0.05) is 18.2 Å². The first kappa shape index (κ1) is 3.13. The Morgan fingerprint density at radius 1 is 1.50 bits per heavy atom. The maximum atomic E-state index is 9.04. The molecular weight excluding hydrogens is 100 g/mol. The standard InChI is InChI=1S/C7H8O/c1-6-4-2-3-5-7(6)8/h2-5,8H,1H3/i1D2. The van der Waals surface area contributed by atoms with Gasteiger partial charge in [0.05, 0.1) is 0 Å². The van der Waals surface area contributed by atoms with Gasteiger partial charge in [0, 0.05) is 2.74 Å². The Morgan fingerprint density at radius 3 is 2.75 bits per heavy atom. The molecule has 0 radical (unpaired) electrons. The number of phenols is 1. The van der Waals surface area contributed by atoms with E-state index in [2.05, 4.69) is 0 Å². The zero-order valence-electron chi connectivity index (χ0n) is 6.33. The van der Waals surface area contributed by atoms with E-state index in [-0.39, 0.29) is 5.75 Å². The van der Waals surface area contributed by atoms with E-state index in [1.54, 1.807) is 18.2 Å². The lowest BCUT2D eigenvalue weighted by molar-refractivity contribution is 0.471. The number of hydrogen-bond acceptors (Lipinski definition) is 1. The van der Waals surface area contributed by atoms with Crippen LogP contribution in [-0.2, 0) is 0 Å². The average Bonchev–Trinajstić information content (AvgIpc) is 1.88. The molecule has 0 aliphatic rings. The van der Waals surface area contributed by atoms with Gasteiger partial charge in [0.1, 0.15) is 5.75 Å². The number of para-hydroxylation sites is 1. The van der Waals surface area contributed by atoms with Crippen molar-refractivity contribution < 1.29 is 7.85 Å². The van der Waals surface area contributed by atoms with Gasteiger partial charge in [-0.2, -0.15) is 0 Å². The second kappa shape index (κ2) is 1.86. The van der Waals surface area contributed by atoms with Crippen LogP contribution in [0, 0.1) is 6.88 Å². The number of aromatic hydroxyl groups is 1. The fourth-order valence-corrected chi connectivity index (χ4v) is 0.488. The maximum Gasteiger partial charge on any atom is 0.118 e. The lowest BCUT2D eigenvalue weighted by Gasteiger charge is -1.92. The van der Waals surface area contributed by atoms with Gasteiger partial charge in [0.25, 0.3) is 0 Å². The Labute approximate surface area is 51.4 Å². The first-order valence-electron chi connectivity index (χ1n) is 3.49. The highest BCUT2D eigenvalue weighted by atomic mass is 16.3. The highest BCUT2D eigenvalue weighted by Gasteiger charge is 1.86. The fourth-order valence-electron chi connectivity index (χ4n) is 0.488. The molecule has 0 aliphatic carbocycles. The topological polar surface area (TPSA) is 20.2 Å². The molecule has 0 spiro atoms. The summed E-state index contributed by atoms with van der Waals surface area (Å²) in [7, 11) is 0. The van der Waals surface area contributed by atoms with Crippen molar-refractivity contribution in [1.82, 2.24) is 0 Å². The Bertz CT molecular complexity index is 223. The summed E-state index contributed by atoms with van der Waals surface area (Å²) < 4.78 is 13.9. The molecule has 1 heteroatoms. The maximum absolute atomic E-state index is 9.04. The molecule has 0 aromatic heterocycles. The van der Waals surface area contributed by atoms with Gasteiger partial charge in [-0.3, -0.25) is 0 Å². The summed E-state index contributed by atoms with van der Waals surface area (Å²) in [5.41, 5.74) is 0.350. The van der Waals surface area contributed by atoms with Gasteiger partial charge in [-0.25, -0.2) is 0 Å². The predicted octanol–water partition coefficient (Wildman–Crippen LogP) is 1.70. The summed E-state index contributed by atoms with van der Waals surface area (Å²) in [6.07, 6.45) is 0. The summed E-state index contributed by atoms with van der Waals surface area (Å²) in [6.45, 7) is -1.10. The lowest BCUT2D eigenvalue weighted by atomic mass is 10.2. The second-order valence-electron chi connectivity index (χ2n) is 1.56. The van der Waals surface area contributed by atoms with Crippen LogP contribution in [0.4, 0.5) is 0 Å². The highest BCUT2D eigenvalue weighted by molar-refractivity contribution is 5.29. The van der Waals surface area contributed by atoms with Crippen molar-refractivity contribution in [3.63, 3.8) is 0 Å². The summed E-state index contributed by atoms with van der Waals surface area (Å²) in [4.78, 5) is 0. The van der Waals surface area contributed by atoms with Gasteiger partial charge in [0.15, 0.2) is 0 Å². The minimum Gasteiger partial charge on any atom is -0.508 e. The van der Waals surface area contributed by atoms with Crippen LogP contribution in [0.2, 0.25) is 0 Å². The van der Waals surface area contributed by atoms with E-state index >= 15 is 0 Å². The van der Waals surface area contributed by atoms with Crippen LogP contribution in [0.15, 0.2) is 24.3 Å². The molecule has 0 aliphatic heterocycles. The molecule has 0 unspecified atom stereocenters. The Hall–Kier alpha value is -0.980. The third-order valence-electron chi connectivity index (χ3n) is 0.937. The molecule has 1 nitrogen and oxygen atoms in total. The van der Waals surface area contributed by atoms with Crippen LogP contribution in [0.1, 0.15) is 8.30 Å². The van der Waals surface area contributed by atoms with E-state index in [1.807, 2.05) is 0 Å². The fraction of sp³-hybridized carbons (Fsp3) is 0.143. The van der Waals surface area contributed by atoms with E-state index in [1.165, 1.54) is 6.07 Å². The summed E-state index contributed by atoms with van der Waals surface area (Å²) in [5.74, 6) is 0.0255. The van der Waals surface area contributed by atoms with Gasteiger partial charge in [-0.05, 0) is 18.5 Å². The van der Waals surface area contributed by atoms with E-state index in [9.17, 15) is 0 Å². The largest absolute Gasteiger partial charge is 0.508 e.